The summed E-state index contributed by atoms with van der Waals surface area (Å²) in [5.74, 6) is -6.17. The zero-order valence-corrected chi connectivity index (χ0v) is 24.5. The molecule has 0 aliphatic heterocycles. The summed E-state index contributed by atoms with van der Waals surface area (Å²) in [6, 6.07) is 0. The molecule has 4 N–H and O–H groups in total. The van der Waals surface area contributed by atoms with E-state index in [-0.39, 0.29) is 6.42 Å². The Morgan fingerprint density at radius 2 is 0.846 bits per heavy atom. The molecule has 0 heterocycles. The van der Waals surface area contributed by atoms with Gasteiger partial charge in [0.15, 0.2) is 5.60 Å². The largest absolute Gasteiger partial charge is 0.481 e. The number of ketones is 1. The number of carbonyl (C=O) groups is 4. The fourth-order valence-corrected chi connectivity index (χ4v) is 5.23. The van der Waals surface area contributed by atoms with Gasteiger partial charge in [-0.2, -0.15) is 0 Å². The molecule has 0 aromatic heterocycles. The van der Waals surface area contributed by atoms with E-state index in [0.717, 1.165) is 38.5 Å². The lowest BCUT2D eigenvalue weighted by molar-refractivity contribution is -0.179. The second-order valence-electron chi connectivity index (χ2n) is 11.4. The SMILES string of the molecule is CC(=O)CCCCCCCCCCCCCCCCCCCCCCCC(C(=O)O)C(O)(CC(=O)O)C(=O)O. The van der Waals surface area contributed by atoms with Gasteiger partial charge in [0.1, 0.15) is 5.78 Å². The summed E-state index contributed by atoms with van der Waals surface area (Å²) < 4.78 is 0. The van der Waals surface area contributed by atoms with Gasteiger partial charge < -0.3 is 25.2 Å². The van der Waals surface area contributed by atoms with Crippen LogP contribution in [0.4, 0.5) is 0 Å². The van der Waals surface area contributed by atoms with Gasteiger partial charge in [0.05, 0.1) is 12.3 Å². The molecule has 0 aromatic carbocycles. The Labute approximate surface area is 236 Å². The van der Waals surface area contributed by atoms with Gasteiger partial charge in [-0.25, -0.2) is 4.79 Å². The Morgan fingerprint density at radius 3 is 1.10 bits per heavy atom. The number of carboxylic acids is 3. The zero-order chi connectivity index (χ0) is 29.4. The monoisotopic (exact) mass is 556 g/mol. The lowest BCUT2D eigenvalue weighted by atomic mass is 9.81. The molecule has 39 heavy (non-hydrogen) atoms. The van der Waals surface area contributed by atoms with Crippen molar-refractivity contribution in [2.75, 3.05) is 0 Å². The highest BCUT2D eigenvalue weighted by atomic mass is 16.4. The van der Waals surface area contributed by atoms with Gasteiger partial charge in [0.2, 0.25) is 0 Å². The highest BCUT2D eigenvalue weighted by Gasteiger charge is 2.49. The molecule has 8 nitrogen and oxygen atoms in total. The van der Waals surface area contributed by atoms with Crippen molar-refractivity contribution < 1.29 is 39.6 Å². The van der Waals surface area contributed by atoms with Crippen molar-refractivity contribution in [1.82, 2.24) is 0 Å². The van der Waals surface area contributed by atoms with E-state index in [1.165, 1.54) is 96.3 Å². The van der Waals surface area contributed by atoms with Crippen LogP contribution >= 0.6 is 0 Å². The summed E-state index contributed by atoms with van der Waals surface area (Å²) in [7, 11) is 0. The summed E-state index contributed by atoms with van der Waals surface area (Å²) >= 11 is 0. The minimum Gasteiger partial charge on any atom is -0.481 e. The average Bonchev–Trinajstić information content (AvgIpc) is 2.85. The molecule has 0 fully saturated rings. The predicted octanol–water partition coefficient (Wildman–Crippen LogP) is 7.54. The zero-order valence-electron chi connectivity index (χ0n) is 24.5. The van der Waals surface area contributed by atoms with Crippen LogP contribution in [0, 0.1) is 5.92 Å². The first-order chi connectivity index (χ1) is 18.6. The van der Waals surface area contributed by atoms with E-state index in [2.05, 4.69) is 0 Å². The Kier molecular flexibility index (Phi) is 22.7. The van der Waals surface area contributed by atoms with Crippen molar-refractivity contribution in [2.45, 2.75) is 167 Å². The Hall–Kier alpha value is -1.96. The van der Waals surface area contributed by atoms with Crippen molar-refractivity contribution in [3.8, 4) is 0 Å². The first kappa shape index (κ1) is 37.0. The van der Waals surface area contributed by atoms with Crippen LogP contribution in [-0.2, 0) is 19.2 Å². The number of hydrogen-bond acceptors (Lipinski definition) is 5. The van der Waals surface area contributed by atoms with Crippen LogP contribution in [0.15, 0.2) is 0 Å². The number of rotatable bonds is 29. The van der Waals surface area contributed by atoms with E-state index in [1.54, 1.807) is 6.92 Å². The summed E-state index contributed by atoms with van der Waals surface area (Å²) in [6.45, 7) is 1.67. The molecule has 0 aliphatic rings. The molecule has 2 unspecified atom stereocenters. The molecule has 8 heteroatoms. The molecule has 0 spiro atoms. The van der Waals surface area contributed by atoms with Gasteiger partial charge >= 0.3 is 17.9 Å². The Bertz CT molecular complexity index is 678. The summed E-state index contributed by atoms with van der Waals surface area (Å²) in [5.41, 5.74) is -2.80. The highest BCUT2D eigenvalue weighted by Crippen LogP contribution is 2.28. The third-order valence-corrected chi connectivity index (χ3v) is 7.69. The molecule has 2 atom stereocenters. The van der Waals surface area contributed by atoms with Crippen molar-refractivity contribution in [3.63, 3.8) is 0 Å². The normalized spacial score (nSPS) is 13.6. The lowest BCUT2D eigenvalue weighted by Crippen LogP contribution is -2.50. The molecule has 228 valence electrons. The Morgan fingerprint density at radius 1 is 0.538 bits per heavy atom. The van der Waals surface area contributed by atoms with E-state index in [1.807, 2.05) is 0 Å². The van der Waals surface area contributed by atoms with Crippen LogP contribution in [0.5, 0.6) is 0 Å². The fraction of sp³-hybridized carbons (Fsp3) is 0.871. The van der Waals surface area contributed by atoms with Gasteiger partial charge in [-0.1, -0.05) is 128 Å². The molecule has 0 saturated carbocycles. The van der Waals surface area contributed by atoms with Gasteiger partial charge in [-0.15, -0.1) is 0 Å². The fourth-order valence-electron chi connectivity index (χ4n) is 5.23. The number of hydrogen-bond donors (Lipinski definition) is 4. The number of unbranched alkanes of at least 4 members (excludes halogenated alkanes) is 20. The molecular formula is C31H56O8. The number of carboxylic acid groups (broad SMARTS) is 3. The van der Waals surface area contributed by atoms with E-state index in [4.69, 9.17) is 5.11 Å². The molecule has 0 aromatic rings. The van der Waals surface area contributed by atoms with Gasteiger partial charge in [-0.05, 0) is 19.8 Å². The third-order valence-electron chi connectivity index (χ3n) is 7.69. The van der Waals surface area contributed by atoms with Crippen LogP contribution in [0.2, 0.25) is 0 Å². The van der Waals surface area contributed by atoms with E-state index < -0.39 is 35.8 Å². The maximum absolute atomic E-state index is 11.5. The number of aliphatic carboxylic acids is 3. The minimum atomic E-state index is -2.80. The van der Waals surface area contributed by atoms with Gasteiger partial charge in [-0.3, -0.25) is 9.59 Å². The maximum atomic E-state index is 11.5. The average molecular weight is 557 g/mol. The summed E-state index contributed by atoms with van der Waals surface area (Å²) in [5, 5.41) is 37.6. The lowest BCUT2D eigenvalue weighted by Gasteiger charge is -2.28. The Balaban J connectivity index is 3.54. The summed E-state index contributed by atoms with van der Waals surface area (Å²) in [4.78, 5) is 44.6. The molecule has 0 saturated heterocycles. The van der Waals surface area contributed by atoms with Crippen LogP contribution in [0.3, 0.4) is 0 Å². The van der Waals surface area contributed by atoms with Crippen molar-refractivity contribution >= 4 is 23.7 Å². The van der Waals surface area contributed by atoms with Crippen LogP contribution < -0.4 is 0 Å². The first-order valence-electron chi connectivity index (χ1n) is 15.5. The van der Waals surface area contributed by atoms with E-state index in [0.29, 0.717) is 12.2 Å². The van der Waals surface area contributed by atoms with Crippen LogP contribution in [0.1, 0.15) is 161 Å². The second-order valence-corrected chi connectivity index (χ2v) is 11.4. The molecule has 0 bridgehead atoms. The number of aliphatic hydroxyl groups is 1. The number of Topliss-reactive ketones (excluding diaryl/α,β-unsaturated/α-hetero) is 1. The molecule has 0 rings (SSSR count). The standard InChI is InChI=1S/C31H56O8/c1-26(32)23-21-19-17-15-13-11-9-7-5-3-2-4-6-8-10-12-14-16-18-20-22-24-27(29(35)36)31(39,30(37)38)25-28(33)34/h27,39H,2-25H2,1H3,(H,33,34)(H,35,36)(H,37,38). The highest BCUT2D eigenvalue weighted by molar-refractivity contribution is 5.89. The summed E-state index contributed by atoms with van der Waals surface area (Å²) in [6.07, 6.45) is 24.3. The molecule has 0 amide bonds. The van der Waals surface area contributed by atoms with Crippen LogP contribution in [-0.4, -0.2) is 49.7 Å². The molecule has 0 radical (unpaired) electrons. The van der Waals surface area contributed by atoms with E-state index in [9.17, 15) is 34.5 Å². The molecular weight excluding hydrogens is 500 g/mol. The van der Waals surface area contributed by atoms with Crippen molar-refractivity contribution in [3.05, 3.63) is 0 Å². The second kappa shape index (κ2) is 23.9. The van der Waals surface area contributed by atoms with Gasteiger partial charge in [0, 0.05) is 6.42 Å². The topological polar surface area (TPSA) is 149 Å². The first-order valence-corrected chi connectivity index (χ1v) is 15.5. The third kappa shape index (κ3) is 20.6. The maximum Gasteiger partial charge on any atom is 0.337 e. The number of carbonyl (C=O) groups excluding carboxylic acids is 1. The van der Waals surface area contributed by atoms with Crippen LogP contribution in [0.25, 0.3) is 0 Å². The quantitative estimate of drug-likeness (QED) is 0.0690. The minimum absolute atomic E-state index is 0.0601. The van der Waals surface area contributed by atoms with Crippen molar-refractivity contribution in [1.29, 1.82) is 0 Å². The van der Waals surface area contributed by atoms with Gasteiger partial charge in [0.25, 0.3) is 0 Å². The predicted molar refractivity (Wildman–Crippen MR) is 153 cm³/mol. The van der Waals surface area contributed by atoms with E-state index >= 15 is 0 Å². The van der Waals surface area contributed by atoms with Crippen molar-refractivity contribution in [2.24, 2.45) is 5.92 Å². The molecule has 0 aliphatic carbocycles. The smallest absolute Gasteiger partial charge is 0.337 e.